The van der Waals surface area contributed by atoms with Crippen LogP contribution >= 0.6 is 0 Å². The summed E-state index contributed by atoms with van der Waals surface area (Å²) in [6, 6.07) is 0. The van der Waals surface area contributed by atoms with Gasteiger partial charge in [-0.2, -0.15) is 0 Å². The van der Waals surface area contributed by atoms with E-state index in [4.69, 9.17) is 5.73 Å². The zero-order chi connectivity index (χ0) is 7.82. The molecule has 0 aliphatic rings. The van der Waals surface area contributed by atoms with Gasteiger partial charge in [-0.3, -0.25) is 4.99 Å². The molecule has 0 bridgehead atoms. The fraction of sp³-hybridized carbons (Fsp3) is 0.375. The van der Waals surface area contributed by atoms with Crippen LogP contribution in [0.5, 0.6) is 0 Å². The zero-order valence-electron chi connectivity index (χ0n) is 6.33. The molecule has 0 aromatic heterocycles. The molecule has 1 atom stereocenters. The van der Waals surface area contributed by atoms with Gasteiger partial charge in [0.15, 0.2) is 0 Å². The van der Waals surface area contributed by atoms with Gasteiger partial charge in [0.2, 0.25) is 0 Å². The molecule has 1 unspecified atom stereocenters. The van der Waals surface area contributed by atoms with Crippen LogP contribution in [0.25, 0.3) is 0 Å². The summed E-state index contributed by atoms with van der Waals surface area (Å²) in [5.74, 6) is 0. The first kappa shape index (κ1) is 9.11. The second-order valence-corrected chi connectivity index (χ2v) is 1.94. The van der Waals surface area contributed by atoms with E-state index in [1.165, 1.54) is 0 Å². The van der Waals surface area contributed by atoms with Gasteiger partial charge in [0.1, 0.15) is 0 Å². The quantitative estimate of drug-likeness (QED) is 0.464. The predicted molar refractivity (Wildman–Crippen MR) is 46.1 cm³/mol. The maximum Gasteiger partial charge on any atom is 0.0996 e. The molecular weight excluding hydrogens is 124 g/mol. The summed E-state index contributed by atoms with van der Waals surface area (Å²) in [5.41, 5.74) is 5.45. The van der Waals surface area contributed by atoms with Gasteiger partial charge in [0, 0.05) is 6.42 Å². The Morgan fingerprint density at radius 2 is 2.30 bits per heavy atom. The average Bonchev–Trinajstić information content (AvgIpc) is 1.98. The van der Waals surface area contributed by atoms with E-state index in [9.17, 15) is 0 Å². The van der Waals surface area contributed by atoms with Crippen molar-refractivity contribution in [1.29, 1.82) is 0 Å². The molecule has 0 saturated heterocycles. The van der Waals surface area contributed by atoms with Crippen LogP contribution in [-0.4, -0.2) is 12.9 Å². The van der Waals surface area contributed by atoms with E-state index in [2.05, 4.69) is 11.7 Å². The Kier molecular flexibility index (Phi) is 5.68. The maximum atomic E-state index is 5.45. The fourth-order valence-corrected chi connectivity index (χ4v) is 0.482. The molecule has 56 valence electrons. The maximum absolute atomic E-state index is 5.45. The van der Waals surface area contributed by atoms with Crippen molar-refractivity contribution >= 4 is 6.72 Å². The molecule has 10 heavy (non-hydrogen) atoms. The van der Waals surface area contributed by atoms with Crippen LogP contribution in [0.15, 0.2) is 29.3 Å². The Labute approximate surface area is 62.1 Å². The van der Waals surface area contributed by atoms with Gasteiger partial charge in [0.25, 0.3) is 0 Å². The van der Waals surface area contributed by atoms with Gasteiger partial charge in [-0.25, -0.2) is 0 Å². The lowest BCUT2D eigenvalue weighted by Crippen LogP contribution is -2.14. The van der Waals surface area contributed by atoms with Gasteiger partial charge in [-0.05, 0) is 13.6 Å². The van der Waals surface area contributed by atoms with Crippen molar-refractivity contribution in [3.05, 3.63) is 24.3 Å². The van der Waals surface area contributed by atoms with Crippen LogP contribution in [0.1, 0.15) is 13.3 Å². The van der Waals surface area contributed by atoms with Crippen molar-refractivity contribution in [2.45, 2.75) is 19.5 Å². The molecule has 0 fully saturated rings. The summed E-state index contributed by atoms with van der Waals surface area (Å²) < 4.78 is 0. The van der Waals surface area contributed by atoms with E-state index in [1.807, 2.05) is 31.2 Å². The molecule has 2 nitrogen and oxygen atoms in total. The number of hydrogen-bond donors (Lipinski definition) is 1. The first-order valence-corrected chi connectivity index (χ1v) is 3.30. The van der Waals surface area contributed by atoms with Crippen LogP contribution in [0.2, 0.25) is 0 Å². The highest BCUT2D eigenvalue weighted by molar-refractivity contribution is 5.24. The third kappa shape index (κ3) is 5.25. The Morgan fingerprint density at radius 3 is 2.80 bits per heavy atom. The summed E-state index contributed by atoms with van der Waals surface area (Å²) in [6.45, 7) is 5.30. The monoisotopic (exact) mass is 138 g/mol. The van der Waals surface area contributed by atoms with Gasteiger partial charge >= 0.3 is 0 Å². The van der Waals surface area contributed by atoms with Crippen LogP contribution in [0.4, 0.5) is 0 Å². The molecule has 0 heterocycles. The number of rotatable bonds is 4. The third-order valence-electron chi connectivity index (χ3n) is 1.05. The summed E-state index contributed by atoms with van der Waals surface area (Å²) in [4.78, 5) is 3.64. The van der Waals surface area contributed by atoms with E-state index < -0.39 is 0 Å². The highest BCUT2D eigenvalue weighted by Crippen LogP contribution is 1.90. The second kappa shape index (κ2) is 6.23. The van der Waals surface area contributed by atoms with Crippen LogP contribution in [0.3, 0.4) is 0 Å². The van der Waals surface area contributed by atoms with Crippen molar-refractivity contribution in [3.8, 4) is 0 Å². The number of allylic oxidation sites excluding steroid dienone is 3. The first-order chi connectivity index (χ1) is 4.81. The molecule has 0 radical (unpaired) electrons. The van der Waals surface area contributed by atoms with E-state index in [0.717, 1.165) is 6.42 Å². The molecule has 0 spiro atoms. The standard InChI is InChI=1S/C8H14N2/c1-3-4-5-6-7-8(9)10-2/h3-6,8H,2,7,9H2,1H3. The van der Waals surface area contributed by atoms with Crippen molar-refractivity contribution < 1.29 is 0 Å². The highest BCUT2D eigenvalue weighted by Gasteiger charge is 1.89. The summed E-state index contributed by atoms with van der Waals surface area (Å²) in [5, 5.41) is 0. The lowest BCUT2D eigenvalue weighted by molar-refractivity contribution is 0.728. The van der Waals surface area contributed by atoms with Gasteiger partial charge < -0.3 is 5.73 Å². The summed E-state index contributed by atoms with van der Waals surface area (Å²) >= 11 is 0. The first-order valence-electron chi connectivity index (χ1n) is 3.30. The molecule has 0 amide bonds. The fourth-order valence-electron chi connectivity index (χ4n) is 0.482. The van der Waals surface area contributed by atoms with Crippen LogP contribution in [-0.2, 0) is 0 Å². The Balaban J connectivity index is 3.42. The predicted octanol–water partition coefficient (Wildman–Crippen LogP) is 1.49. The SMILES string of the molecule is C=NC(N)CC=CC=CC. The largest absolute Gasteiger partial charge is 0.310 e. The van der Waals surface area contributed by atoms with Crippen molar-refractivity contribution in [2.75, 3.05) is 0 Å². The molecule has 0 aromatic rings. The molecule has 2 N–H and O–H groups in total. The van der Waals surface area contributed by atoms with E-state index in [1.54, 1.807) is 0 Å². The number of hydrogen-bond acceptors (Lipinski definition) is 2. The number of aliphatic imine (C=N–C) groups is 1. The minimum Gasteiger partial charge on any atom is -0.310 e. The van der Waals surface area contributed by atoms with Gasteiger partial charge in [-0.1, -0.05) is 24.3 Å². The third-order valence-corrected chi connectivity index (χ3v) is 1.05. The molecule has 0 rings (SSSR count). The number of nitrogens with two attached hydrogens (primary N) is 1. The molecule has 0 aliphatic heterocycles. The molecular formula is C8H14N2. The van der Waals surface area contributed by atoms with E-state index in [-0.39, 0.29) is 6.17 Å². The molecule has 0 saturated carbocycles. The van der Waals surface area contributed by atoms with Gasteiger partial charge in [-0.15, -0.1) is 0 Å². The van der Waals surface area contributed by atoms with Gasteiger partial charge in [0.05, 0.1) is 6.17 Å². The zero-order valence-corrected chi connectivity index (χ0v) is 6.33. The number of nitrogens with zero attached hydrogens (tertiary/aromatic N) is 1. The van der Waals surface area contributed by atoms with Crippen molar-refractivity contribution in [1.82, 2.24) is 0 Å². The lowest BCUT2D eigenvalue weighted by atomic mass is 10.3. The Hall–Kier alpha value is -0.890. The topological polar surface area (TPSA) is 38.4 Å². The van der Waals surface area contributed by atoms with Crippen LogP contribution in [0, 0.1) is 0 Å². The summed E-state index contributed by atoms with van der Waals surface area (Å²) in [6.07, 6.45) is 8.44. The normalized spacial score (nSPS) is 14.6. The second-order valence-electron chi connectivity index (χ2n) is 1.94. The lowest BCUT2D eigenvalue weighted by Gasteiger charge is -1.97. The van der Waals surface area contributed by atoms with Crippen molar-refractivity contribution in [3.63, 3.8) is 0 Å². The Bertz CT molecular complexity index is 136. The highest BCUT2D eigenvalue weighted by atomic mass is 14.9. The molecule has 2 heteroatoms. The molecule has 0 aliphatic carbocycles. The summed E-state index contributed by atoms with van der Waals surface area (Å²) in [7, 11) is 0. The van der Waals surface area contributed by atoms with Crippen LogP contribution < -0.4 is 5.73 Å². The smallest absolute Gasteiger partial charge is 0.0996 e. The van der Waals surface area contributed by atoms with E-state index >= 15 is 0 Å². The minimum atomic E-state index is -0.151. The molecule has 0 aromatic carbocycles. The Morgan fingerprint density at radius 1 is 1.60 bits per heavy atom. The van der Waals surface area contributed by atoms with Crippen molar-refractivity contribution in [2.24, 2.45) is 10.7 Å². The minimum absolute atomic E-state index is 0.151. The average molecular weight is 138 g/mol. The van der Waals surface area contributed by atoms with E-state index in [0.29, 0.717) is 0 Å².